The maximum atomic E-state index is 9.25. The molecule has 4 N–H and O–H groups in total. The van der Waals surface area contributed by atoms with Crippen molar-refractivity contribution < 1.29 is 39.4 Å². The van der Waals surface area contributed by atoms with E-state index in [1.165, 1.54) is 0 Å². The Bertz CT molecular complexity index is 188. The normalized spacial score (nSPS) is 10.4. The van der Waals surface area contributed by atoms with E-state index in [1.807, 2.05) is 0 Å². The summed E-state index contributed by atoms with van der Waals surface area (Å²) in [6, 6.07) is 0. The molecule has 0 bridgehead atoms. The highest BCUT2D eigenvalue weighted by atomic mass is 16.9. The van der Waals surface area contributed by atoms with Crippen molar-refractivity contribution >= 4 is 5.97 Å². The lowest BCUT2D eigenvalue weighted by Crippen LogP contribution is -2.39. The molecular weight excluding hydrogens is 236 g/mol. The molecule has 0 aliphatic rings. The first-order chi connectivity index (χ1) is 8.01. The lowest BCUT2D eigenvalue weighted by atomic mass is 10.4. The van der Waals surface area contributed by atoms with Gasteiger partial charge in [0.05, 0.1) is 0 Å². The number of carboxylic acids is 1. The minimum absolute atomic E-state index is 0.231. The van der Waals surface area contributed by atoms with Gasteiger partial charge < -0.3 is 34.6 Å². The molecular formula is C9H18O8. The maximum Gasteiger partial charge on any atom is 0.327 e. The van der Waals surface area contributed by atoms with Crippen LogP contribution in [-0.2, 0) is 19.0 Å². The zero-order valence-corrected chi connectivity index (χ0v) is 9.53. The number of ether oxygens (including phenoxy) is 3. The molecule has 0 fully saturated rings. The van der Waals surface area contributed by atoms with Gasteiger partial charge in [-0.1, -0.05) is 13.5 Å². The minimum Gasteiger partial charge on any atom is -0.478 e. The number of hydrogen-bond acceptors (Lipinski definition) is 7. The Morgan fingerprint density at radius 1 is 1.18 bits per heavy atom. The molecule has 0 saturated carbocycles. The van der Waals surface area contributed by atoms with Crippen molar-refractivity contribution in [3.05, 3.63) is 12.7 Å². The Hall–Kier alpha value is -1.03. The van der Waals surface area contributed by atoms with Crippen molar-refractivity contribution in [1.82, 2.24) is 0 Å². The Morgan fingerprint density at radius 3 is 1.59 bits per heavy atom. The molecule has 0 radical (unpaired) electrons. The molecule has 0 aromatic rings. The Morgan fingerprint density at radius 2 is 1.47 bits per heavy atom. The molecule has 8 heteroatoms. The summed E-state index contributed by atoms with van der Waals surface area (Å²) < 4.78 is 14.0. The molecule has 0 spiro atoms. The summed E-state index contributed by atoms with van der Waals surface area (Å²) in [5, 5.41) is 32.9. The fraction of sp³-hybridized carbons (Fsp3) is 0.667. The third kappa shape index (κ3) is 9.87. The monoisotopic (exact) mass is 254 g/mol. The number of aliphatic carboxylic acids is 1. The number of aliphatic hydroxyl groups is 3. The summed E-state index contributed by atoms with van der Waals surface area (Å²) >= 11 is 0. The van der Waals surface area contributed by atoms with Crippen molar-refractivity contribution in [3.8, 4) is 0 Å². The van der Waals surface area contributed by atoms with Gasteiger partial charge in [-0.05, 0) is 0 Å². The van der Waals surface area contributed by atoms with E-state index in [0.29, 0.717) is 0 Å². The highest BCUT2D eigenvalue weighted by molar-refractivity contribution is 5.78. The summed E-state index contributed by atoms with van der Waals surface area (Å²) in [4.78, 5) is 9.25. The average Bonchev–Trinajstić information content (AvgIpc) is 2.30. The average molecular weight is 254 g/mol. The van der Waals surface area contributed by atoms with Crippen LogP contribution in [0.1, 0.15) is 13.3 Å². The third-order valence-electron chi connectivity index (χ3n) is 1.46. The van der Waals surface area contributed by atoms with E-state index in [1.54, 1.807) is 6.92 Å². The van der Waals surface area contributed by atoms with Crippen LogP contribution < -0.4 is 0 Å². The first-order valence-corrected chi connectivity index (χ1v) is 4.61. The van der Waals surface area contributed by atoms with Gasteiger partial charge in [-0.2, -0.15) is 0 Å². The lowest BCUT2D eigenvalue weighted by molar-refractivity contribution is -0.420. The number of rotatable bonds is 8. The first kappa shape index (κ1) is 18.3. The van der Waals surface area contributed by atoms with E-state index < -0.39 is 32.3 Å². The fourth-order valence-corrected chi connectivity index (χ4v) is 0.726. The molecule has 0 unspecified atom stereocenters. The Balaban J connectivity index is 0. The highest BCUT2D eigenvalue weighted by Gasteiger charge is 2.31. The van der Waals surface area contributed by atoms with E-state index in [0.717, 1.165) is 6.08 Å². The van der Waals surface area contributed by atoms with Crippen LogP contribution in [0.3, 0.4) is 0 Å². The van der Waals surface area contributed by atoms with E-state index in [4.69, 9.17) is 20.4 Å². The molecule has 0 aliphatic heterocycles. The summed E-state index contributed by atoms with van der Waals surface area (Å²) in [6.07, 6.45) is 1.06. The van der Waals surface area contributed by atoms with Crippen LogP contribution >= 0.6 is 0 Å². The Kier molecular flexibility index (Phi) is 12.4. The zero-order chi connectivity index (χ0) is 13.7. The van der Waals surface area contributed by atoms with E-state index in [2.05, 4.69) is 20.8 Å². The van der Waals surface area contributed by atoms with Gasteiger partial charge in [0, 0.05) is 12.5 Å². The summed E-state index contributed by atoms with van der Waals surface area (Å²) in [6.45, 7) is 2.76. The number of hydrogen-bond donors (Lipinski definition) is 4. The molecule has 102 valence electrons. The van der Waals surface area contributed by atoms with Gasteiger partial charge in [-0.15, -0.1) is 0 Å². The molecule has 0 aromatic heterocycles. The molecule has 8 nitrogen and oxygen atoms in total. The lowest BCUT2D eigenvalue weighted by Gasteiger charge is -2.29. The van der Waals surface area contributed by atoms with E-state index in [-0.39, 0.29) is 6.42 Å². The quantitative estimate of drug-likeness (QED) is 0.328. The van der Waals surface area contributed by atoms with Crippen molar-refractivity contribution in [1.29, 1.82) is 0 Å². The van der Waals surface area contributed by atoms with Crippen LogP contribution in [0.15, 0.2) is 12.7 Å². The second-order valence-electron chi connectivity index (χ2n) is 2.40. The molecule has 0 saturated heterocycles. The van der Waals surface area contributed by atoms with E-state index in [9.17, 15) is 4.79 Å². The van der Waals surface area contributed by atoms with Gasteiger partial charge in [0.2, 0.25) is 0 Å². The van der Waals surface area contributed by atoms with Crippen LogP contribution in [0.2, 0.25) is 0 Å². The predicted molar refractivity (Wildman–Crippen MR) is 55.4 cm³/mol. The Labute approximate surface area is 98.7 Å². The van der Waals surface area contributed by atoms with Gasteiger partial charge in [0.15, 0.2) is 0 Å². The first-order valence-electron chi connectivity index (χ1n) is 4.61. The van der Waals surface area contributed by atoms with Crippen LogP contribution in [-0.4, -0.2) is 52.7 Å². The van der Waals surface area contributed by atoms with Gasteiger partial charge in [-0.25, -0.2) is 4.79 Å². The van der Waals surface area contributed by atoms with Crippen LogP contribution in [0.4, 0.5) is 0 Å². The highest BCUT2D eigenvalue weighted by Crippen LogP contribution is 2.18. The SMILES string of the molecule is C=CC(=O)O.CCC(OCO)(OCO)OCO. The molecule has 0 amide bonds. The van der Waals surface area contributed by atoms with Crippen LogP contribution in [0.5, 0.6) is 0 Å². The second kappa shape index (κ2) is 11.5. The number of carbonyl (C=O) groups is 1. The number of aliphatic hydroxyl groups excluding tert-OH is 3. The van der Waals surface area contributed by atoms with Crippen LogP contribution in [0, 0.1) is 0 Å². The molecule has 0 heterocycles. The predicted octanol–water partition coefficient (Wildman–Crippen LogP) is -0.794. The fourth-order valence-electron chi connectivity index (χ4n) is 0.726. The molecule has 0 atom stereocenters. The molecule has 0 aromatic carbocycles. The van der Waals surface area contributed by atoms with Crippen molar-refractivity contribution in [2.24, 2.45) is 0 Å². The molecule has 0 rings (SSSR count). The zero-order valence-electron chi connectivity index (χ0n) is 9.53. The van der Waals surface area contributed by atoms with Crippen molar-refractivity contribution in [3.63, 3.8) is 0 Å². The molecule has 17 heavy (non-hydrogen) atoms. The largest absolute Gasteiger partial charge is 0.478 e. The second-order valence-corrected chi connectivity index (χ2v) is 2.40. The van der Waals surface area contributed by atoms with Gasteiger partial charge in [0.1, 0.15) is 20.4 Å². The smallest absolute Gasteiger partial charge is 0.327 e. The number of carboxylic acid groups (broad SMARTS) is 1. The summed E-state index contributed by atoms with van der Waals surface area (Å²) in [7, 11) is 0. The topological polar surface area (TPSA) is 126 Å². The molecule has 0 aliphatic carbocycles. The van der Waals surface area contributed by atoms with Crippen LogP contribution in [0.25, 0.3) is 0 Å². The van der Waals surface area contributed by atoms with Gasteiger partial charge >= 0.3 is 5.97 Å². The van der Waals surface area contributed by atoms with Gasteiger partial charge in [-0.3, -0.25) is 0 Å². The third-order valence-corrected chi connectivity index (χ3v) is 1.46. The van der Waals surface area contributed by atoms with E-state index >= 15 is 0 Å². The van der Waals surface area contributed by atoms with Crippen molar-refractivity contribution in [2.75, 3.05) is 20.4 Å². The maximum absolute atomic E-state index is 9.25. The van der Waals surface area contributed by atoms with Crippen molar-refractivity contribution in [2.45, 2.75) is 19.3 Å². The summed E-state index contributed by atoms with van der Waals surface area (Å²) in [5.74, 6) is -2.54. The minimum atomic E-state index is -1.56. The van der Waals surface area contributed by atoms with Gasteiger partial charge in [0.25, 0.3) is 5.97 Å². The standard InChI is InChI=1S/C6H14O6.C3H4O2/c1-2-6(10-3-7,11-4-8)12-5-9;1-2-3(4)5/h7-9H,2-5H2,1H3;2H,1H2,(H,4,5). The summed E-state index contributed by atoms with van der Waals surface area (Å²) in [5.41, 5.74) is 0.